The Kier molecular flexibility index (Phi) is 6.12. The highest BCUT2D eigenvalue weighted by atomic mass is 16.6. The van der Waals surface area contributed by atoms with E-state index in [9.17, 15) is 0 Å². The highest BCUT2D eigenvalue weighted by molar-refractivity contribution is 5.47. The zero-order chi connectivity index (χ0) is 20.4. The molecule has 0 aliphatic carbocycles. The van der Waals surface area contributed by atoms with Crippen LogP contribution in [0.3, 0.4) is 0 Å². The first kappa shape index (κ1) is 20.2. The van der Waals surface area contributed by atoms with Crippen LogP contribution in [0.4, 0.5) is 0 Å². The third-order valence-corrected chi connectivity index (χ3v) is 5.63. The first-order chi connectivity index (χ1) is 14.0. The second-order valence-corrected chi connectivity index (χ2v) is 8.48. The van der Waals surface area contributed by atoms with E-state index >= 15 is 0 Å². The van der Waals surface area contributed by atoms with Gasteiger partial charge in [-0.3, -0.25) is 0 Å². The van der Waals surface area contributed by atoms with E-state index in [-0.39, 0.29) is 0 Å². The summed E-state index contributed by atoms with van der Waals surface area (Å²) in [4.78, 5) is 0. The summed E-state index contributed by atoms with van der Waals surface area (Å²) < 4.78 is 22.6. The molecule has 2 unspecified atom stereocenters. The number of hydrogen-bond acceptors (Lipinski definition) is 4. The SMILES string of the molecule is Cc1cc(Cc2cc(C)c(OCCC3CO3)c(C)c2)cc(C)c1OCCC1CO1. The molecule has 0 spiro atoms. The van der Waals surface area contributed by atoms with Gasteiger partial charge in [0.2, 0.25) is 0 Å². The highest BCUT2D eigenvalue weighted by Crippen LogP contribution is 2.30. The lowest BCUT2D eigenvalue weighted by atomic mass is 9.97. The molecule has 0 N–H and O–H groups in total. The molecule has 156 valence electrons. The molecule has 0 amide bonds. The van der Waals surface area contributed by atoms with Crippen LogP contribution in [0.2, 0.25) is 0 Å². The lowest BCUT2D eigenvalue weighted by Gasteiger charge is -2.16. The Hall–Kier alpha value is -2.04. The normalized spacial score (nSPS) is 19.9. The van der Waals surface area contributed by atoms with E-state index < -0.39 is 0 Å². The van der Waals surface area contributed by atoms with Crippen LogP contribution in [0.25, 0.3) is 0 Å². The van der Waals surface area contributed by atoms with Gasteiger partial charge in [0.1, 0.15) is 11.5 Å². The fraction of sp³-hybridized carbons (Fsp3) is 0.520. The maximum atomic E-state index is 6.03. The van der Waals surface area contributed by atoms with Crippen LogP contribution in [-0.4, -0.2) is 38.6 Å². The zero-order valence-electron chi connectivity index (χ0n) is 18.0. The van der Waals surface area contributed by atoms with E-state index in [1.807, 2.05) is 0 Å². The van der Waals surface area contributed by atoms with E-state index in [2.05, 4.69) is 52.0 Å². The van der Waals surface area contributed by atoms with E-state index in [0.717, 1.165) is 57.2 Å². The summed E-state index contributed by atoms with van der Waals surface area (Å²) in [7, 11) is 0. The number of benzene rings is 2. The third-order valence-electron chi connectivity index (χ3n) is 5.63. The minimum Gasteiger partial charge on any atom is -0.493 e. The van der Waals surface area contributed by atoms with Crippen molar-refractivity contribution in [2.75, 3.05) is 26.4 Å². The summed E-state index contributed by atoms with van der Waals surface area (Å²) in [5.41, 5.74) is 7.44. The Morgan fingerprint density at radius 1 is 0.690 bits per heavy atom. The van der Waals surface area contributed by atoms with Crippen molar-refractivity contribution in [3.8, 4) is 11.5 Å². The van der Waals surface area contributed by atoms with Crippen LogP contribution in [0.1, 0.15) is 46.2 Å². The van der Waals surface area contributed by atoms with Gasteiger partial charge in [0.05, 0.1) is 38.6 Å². The monoisotopic (exact) mass is 396 g/mol. The molecule has 0 saturated carbocycles. The molecular formula is C25H32O4. The van der Waals surface area contributed by atoms with E-state index in [0.29, 0.717) is 12.2 Å². The third kappa shape index (κ3) is 5.52. The van der Waals surface area contributed by atoms with Gasteiger partial charge in [-0.2, -0.15) is 0 Å². The molecule has 0 bridgehead atoms. The molecule has 4 heteroatoms. The molecule has 2 saturated heterocycles. The zero-order valence-corrected chi connectivity index (χ0v) is 18.0. The van der Waals surface area contributed by atoms with Gasteiger partial charge in [0.15, 0.2) is 0 Å². The predicted octanol–water partition coefficient (Wildman–Crippen LogP) is 4.85. The summed E-state index contributed by atoms with van der Waals surface area (Å²) in [6.45, 7) is 11.8. The van der Waals surface area contributed by atoms with Crippen LogP contribution in [0.5, 0.6) is 11.5 Å². The molecule has 2 heterocycles. The molecule has 2 aromatic carbocycles. The molecule has 2 fully saturated rings. The largest absolute Gasteiger partial charge is 0.493 e. The average molecular weight is 397 g/mol. The maximum absolute atomic E-state index is 6.03. The Morgan fingerprint density at radius 3 is 1.34 bits per heavy atom. The van der Waals surface area contributed by atoms with Crippen molar-refractivity contribution in [2.24, 2.45) is 0 Å². The highest BCUT2D eigenvalue weighted by Gasteiger charge is 2.23. The summed E-state index contributed by atoms with van der Waals surface area (Å²) >= 11 is 0. The van der Waals surface area contributed by atoms with Gasteiger partial charge in [-0.1, -0.05) is 24.3 Å². The Morgan fingerprint density at radius 2 is 1.03 bits per heavy atom. The number of rotatable bonds is 10. The minimum atomic E-state index is 0.412. The van der Waals surface area contributed by atoms with Gasteiger partial charge in [0, 0.05) is 12.8 Å². The molecular weight excluding hydrogens is 364 g/mol. The molecule has 2 aliphatic heterocycles. The first-order valence-electron chi connectivity index (χ1n) is 10.7. The van der Waals surface area contributed by atoms with Gasteiger partial charge in [-0.25, -0.2) is 0 Å². The fourth-order valence-electron chi connectivity index (χ4n) is 4.03. The minimum absolute atomic E-state index is 0.412. The maximum Gasteiger partial charge on any atom is 0.125 e. The van der Waals surface area contributed by atoms with Crippen LogP contribution in [0.15, 0.2) is 24.3 Å². The van der Waals surface area contributed by atoms with Gasteiger partial charge in [-0.15, -0.1) is 0 Å². The second-order valence-electron chi connectivity index (χ2n) is 8.48. The van der Waals surface area contributed by atoms with Crippen LogP contribution < -0.4 is 9.47 Å². The molecule has 4 nitrogen and oxygen atoms in total. The fourth-order valence-corrected chi connectivity index (χ4v) is 4.03. The average Bonchev–Trinajstić information content (AvgIpc) is 3.55. The number of epoxide rings is 2. The lowest BCUT2D eigenvalue weighted by Crippen LogP contribution is -2.05. The Labute approximate surface area is 174 Å². The van der Waals surface area contributed by atoms with Crippen molar-refractivity contribution < 1.29 is 18.9 Å². The van der Waals surface area contributed by atoms with Crippen LogP contribution in [-0.2, 0) is 15.9 Å². The van der Waals surface area contributed by atoms with Gasteiger partial charge < -0.3 is 18.9 Å². The van der Waals surface area contributed by atoms with Crippen LogP contribution >= 0.6 is 0 Å². The first-order valence-corrected chi connectivity index (χ1v) is 10.7. The number of aryl methyl sites for hydroxylation is 4. The van der Waals surface area contributed by atoms with Crippen molar-refractivity contribution in [1.29, 1.82) is 0 Å². The van der Waals surface area contributed by atoms with Crippen molar-refractivity contribution in [3.63, 3.8) is 0 Å². The van der Waals surface area contributed by atoms with E-state index in [1.54, 1.807) is 0 Å². The quantitative estimate of drug-likeness (QED) is 0.539. The summed E-state index contributed by atoms with van der Waals surface area (Å²) in [6, 6.07) is 9.00. The molecule has 2 aliphatic rings. The molecule has 2 aromatic rings. The predicted molar refractivity (Wildman–Crippen MR) is 114 cm³/mol. The summed E-state index contributed by atoms with van der Waals surface area (Å²) in [6.07, 6.45) is 3.68. The number of hydrogen-bond donors (Lipinski definition) is 0. The van der Waals surface area contributed by atoms with E-state index in [1.165, 1.54) is 33.4 Å². The smallest absolute Gasteiger partial charge is 0.125 e. The molecule has 29 heavy (non-hydrogen) atoms. The number of ether oxygens (including phenoxy) is 4. The standard InChI is InChI=1S/C25H32O4/c1-16-9-20(10-17(2)24(16)26-7-5-22-14-28-22)13-21-11-18(3)25(19(4)12-21)27-8-6-23-15-29-23/h9-12,22-23H,5-8,13-15H2,1-4H3. The molecule has 4 rings (SSSR count). The van der Waals surface area contributed by atoms with Gasteiger partial charge in [0.25, 0.3) is 0 Å². The summed E-state index contributed by atoms with van der Waals surface area (Å²) in [5.74, 6) is 2.04. The van der Waals surface area contributed by atoms with Gasteiger partial charge >= 0.3 is 0 Å². The Balaban J connectivity index is 1.40. The van der Waals surface area contributed by atoms with Crippen molar-refractivity contribution >= 4 is 0 Å². The Bertz CT molecular complexity index is 748. The van der Waals surface area contributed by atoms with Crippen molar-refractivity contribution in [1.82, 2.24) is 0 Å². The van der Waals surface area contributed by atoms with Crippen LogP contribution in [0, 0.1) is 27.7 Å². The van der Waals surface area contributed by atoms with E-state index in [4.69, 9.17) is 18.9 Å². The second kappa shape index (κ2) is 8.76. The van der Waals surface area contributed by atoms with Crippen molar-refractivity contribution in [3.05, 3.63) is 57.6 Å². The van der Waals surface area contributed by atoms with Gasteiger partial charge in [-0.05, 0) is 67.5 Å². The van der Waals surface area contributed by atoms with Crippen molar-refractivity contribution in [2.45, 2.75) is 59.2 Å². The topological polar surface area (TPSA) is 43.5 Å². The molecule has 2 atom stereocenters. The summed E-state index contributed by atoms with van der Waals surface area (Å²) in [5, 5.41) is 0. The molecule has 0 radical (unpaired) electrons. The molecule has 0 aromatic heterocycles. The lowest BCUT2D eigenvalue weighted by molar-refractivity contribution is 0.280.